The molecule has 0 unspecified atom stereocenters. The number of hydrogen-bond donors (Lipinski definition) is 1. The largest absolute Gasteiger partial charge is 0.396 e. The number of aryl methyl sites for hydroxylation is 1. The van der Waals surface area contributed by atoms with Crippen molar-refractivity contribution in [2.24, 2.45) is 17.8 Å². The zero-order valence-corrected chi connectivity index (χ0v) is 19.4. The van der Waals surface area contributed by atoms with Gasteiger partial charge in [0.05, 0.1) is 18.7 Å². The fourth-order valence-corrected chi connectivity index (χ4v) is 11.4. The summed E-state index contributed by atoms with van der Waals surface area (Å²) >= 11 is 0. The van der Waals surface area contributed by atoms with E-state index < -0.39 is 17.9 Å². The van der Waals surface area contributed by atoms with Crippen LogP contribution in [0, 0.1) is 24.7 Å². The SMILES string of the molecule is C=C[C@H]1C[C@@H](CO)[C@H]([Si](C)(C)c2ccccc2)[C@H]1CS(=O)(=O)c1ccc(C)cc1. The number of benzene rings is 2. The summed E-state index contributed by atoms with van der Waals surface area (Å²) in [7, 11) is -5.45. The third kappa shape index (κ3) is 4.42. The molecule has 3 rings (SSSR count). The molecule has 0 bridgehead atoms. The molecule has 1 aliphatic rings. The minimum Gasteiger partial charge on any atom is -0.396 e. The molecule has 2 aromatic carbocycles. The second kappa shape index (κ2) is 8.58. The van der Waals surface area contributed by atoms with Gasteiger partial charge in [-0.15, -0.1) is 6.58 Å². The van der Waals surface area contributed by atoms with Crippen LogP contribution in [0.5, 0.6) is 0 Å². The molecule has 0 saturated heterocycles. The van der Waals surface area contributed by atoms with Gasteiger partial charge in [0.25, 0.3) is 0 Å². The Morgan fingerprint density at radius 2 is 1.72 bits per heavy atom. The van der Waals surface area contributed by atoms with Gasteiger partial charge in [-0.3, -0.25) is 0 Å². The van der Waals surface area contributed by atoms with Crippen LogP contribution in [-0.4, -0.2) is 34.0 Å². The van der Waals surface area contributed by atoms with E-state index in [1.807, 2.05) is 31.2 Å². The van der Waals surface area contributed by atoms with Crippen molar-refractivity contribution >= 4 is 23.1 Å². The molecular formula is C24H32O3SSi. The number of aliphatic hydroxyl groups is 1. The standard InChI is InChI=1S/C24H32O3SSi/c1-5-19-15-20(16-25)24(29(3,4)22-9-7-6-8-10-22)23(19)17-28(26,27)21-13-11-18(2)12-14-21/h5-14,19-20,23-25H,1,15-17H2,2-4H3/t19-,20-,23-,24-/m0/s1. The van der Waals surface area contributed by atoms with Crippen LogP contribution in [0.1, 0.15) is 12.0 Å². The van der Waals surface area contributed by atoms with Gasteiger partial charge in [0.15, 0.2) is 9.84 Å². The Balaban J connectivity index is 2.01. The monoisotopic (exact) mass is 428 g/mol. The lowest BCUT2D eigenvalue weighted by molar-refractivity contribution is 0.224. The smallest absolute Gasteiger partial charge is 0.178 e. The van der Waals surface area contributed by atoms with Gasteiger partial charge in [-0.1, -0.05) is 72.4 Å². The van der Waals surface area contributed by atoms with E-state index >= 15 is 0 Å². The van der Waals surface area contributed by atoms with Crippen molar-refractivity contribution < 1.29 is 13.5 Å². The molecule has 1 N–H and O–H groups in total. The quantitative estimate of drug-likeness (QED) is 0.531. The molecule has 0 spiro atoms. The molecule has 5 heteroatoms. The lowest BCUT2D eigenvalue weighted by Gasteiger charge is -2.38. The van der Waals surface area contributed by atoms with E-state index in [9.17, 15) is 13.5 Å². The van der Waals surface area contributed by atoms with Crippen molar-refractivity contribution in [1.29, 1.82) is 0 Å². The molecule has 2 aromatic rings. The summed E-state index contributed by atoms with van der Waals surface area (Å²) in [6, 6.07) is 17.6. The first kappa shape index (κ1) is 22.0. The maximum Gasteiger partial charge on any atom is 0.178 e. The van der Waals surface area contributed by atoms with Crippen molar-refractivity contribution in [3.63, 3.8) is 0 Å². The van der Waals surface area contributed by atoms with Crippen LogP contribution in [0.15, 0.2) is 72.1 Å². The Morgan fingerprint density at radius 3 is 2.28 bits per heavy atom. The highest BCUT2D eigenvalue weighted by Gasteiger charge is 2.51. The molecule has 0 amide bonds. The minimum atomic E-state index is -3.42. The summed E-state index contributed by atoms with van der Waals surface area (Å²) in [4.78, 5) is 0.385. The Morgan fingerprint density at radius 1 is 1.10 bits per heavy atom. The van der Waals surface area contributed by atoms with Crippen LogP contribution in [0.3, 0.4) is 0 Å². The fourth-order valence-electron chi connectivity index (χ4n) is 5.25. The van der Waals surface area contributed by atoms with Crippen molar-refractivity contribution in [3.05, 3.63) is 72.8 Å². The first-order valence-electron chi connectivity index (χ1n) is 10.3. The second-order valence-electron chi connectivity index (χ2n) is 8.95. The highest BCUT2D eigenvalue weighted by molar-refractivity contribution is 7.91. The molecule has 3 nitrogen and oxygen atoms in total. The molecule has 1 saturated carbocycles. The number of rotatable bonds is 7. The molecule has 1 aliphatic carbocycles. The maximum atomic E-state index is 13.3. The molecule has 1 fully saturated rings. The number of allylic oxidation sites excluding steroid dienone is 1. The van der Waals surface area contributed by atoms with E-state index in [0.29, 0.717) is 4.90 Å². The number of aliphatic hydroxyl groups excluding tert-OH is 1. The normalized spacial score (nSPS) is 25.1. The summed E-state index contributed by atoms with van der Waals surface area (Å²) in [5, 5.41) is 11.5. The van der Waals surface area contributed by atoms with Crippen LogP contribution >= 0.6 is 0 Å². The van der Waals surface area contributed by atoms with Crippen LogP contribution in [-0.2, 0) is 9.84 Å². The molecule has 156 valence electrons. The van der Waals surface area contributed by atoms with Crippen LogP contribution in [0.4, 0.5) is 0 Å². The first-order chi connectivity index (χ1) is 13.7. The highest BCUT2D eigenvalue weighted by atomic mass is 32.2. The minimum absolute atomic E-state index is 0.0298. The molecule has 0 radical (unpaired) electrons. The number of sulfone groups is 1. The van der Waals surface area contributed by atoms with E-state index in [-0.39, 0.29) is 35.7 Å². The van der Waals surface area contributed by atoms with E-state index in [0.717, 1.165) is 12.0 Å². The summed E-state index contributed by atoms with van der Waals surface area (Å²) in [6.45, 7) is 10.7. The Labute approximate surface area is 176 Å². The van der Waals surface area contributed by atoms with E-state index in [1.165, 1.54) is 5.19 Å². The molecule has 0 aromatic heterocycles. The third-order valence-corrected chi connectivity index (χ3v) is 13.0. The van der Waals surface area contributed by atoms with Crippen molar-refractivity contribution in [2.45, 2.75) is 36.9 Å². The predicted octanol–water partition coefficient (Wildman–Crippen LogP) is 4.19. The Bertz CT molecular complexity index is 936. The summed E-state index contributed by atoms with van der Waals surface area (Å²) in [5.74, 6) is 0.292. The molecular weight excluding hydrogens is 396 g/mol. The van der Waals surface area contributed by atoms with Gasteiger partial charge in [-0.2, -0.15) is 0 Å². The highest BCUT2D eigenvalue weighted by Crippen LogP contribution is 2.51. The lowest BCUT2D eigenvalue weighted by Crippen LogP contribution is -2.50. The molecule has 4 atom stereocenters. The first-order valence-corrected chi connectivity index (χ1v) is 15.0. The van der Waals surface area contributed by atoms with Gasteiger partial charge >= 0.3 is 0 Å². The summed E-state index contributed by atoms with van der Waals surface area (Å²) < 4.78 is 26.6. The Hall–Kier alpha value is -1.69. The molecule has 0 aliphatic heterocycles. The second-order valence-corrected chi connectivity index (χ2v) is 15.7. The van der Waals surface area contributed by atoms with Crippen LogP contribution < -0.4 is 5.19 Å². The Kier molecular flexibility index (Phi) is 6.51. The van der Waals surface area contributed by atoms with E-state index in [4.69, 9.17) is 0 Å². The van der Waals surface area contributed by atoms with Gasteiger partial charge < -0.3 is 5.11 Å². The third-order valence-electron chi connectivity index (χ3n) is 6.77. The molecule has 0 heterocycles. The molecule has 29 heavy (non-hydrogen) atoms. The average molecular weight is 429 g/mol. The number of hydrogen-bond acceptors (Lipinski definition) is 3. The summed E-state index contributed by atoms with van der Waals surface area (Å²) in [5.41, 5.74) is 1.22. The van der Waals surface area contributed by atoms with Gasteiger partial charge in [-0.25, -0.2) is 8.42 Å². The van der Waals surface area contributed by atoms with Gasteiger partial charge in [0.1, 0.15) is 0 Å². The lowest BCUT2D eigenvalue weighted by atomic mass is 9.98. The van der Waals surface area contributed by atoms with Crippen LogP contribution in [0.25, 0.3) is 0 Å². The van der Waals surface area contributed by atoms with Crippen LogP contribution in [0.2, 0.25) is 18.6 Å². The fraction of sp³-hybridized carbons (Fsp3) is 0.417. The van der Waals surface area contributed by atoms with Crippen molar-refractivity contribution in [1.82, 2.24) is 0 Å². The van der Waals surface area contributed by atoms with Gasteiger partial charge in [-0.05, 0) is 48.8 Å². The zero-order chi connectivity index (χ0) is 21.2. The topological polar surface area (TPSA) is 54.4 Å². The van der Waals surface area contributed by atoms with E-state index in [2.05, 4.69) is 43.9 Å². The maximum absolute atomic E-state index is 13.3. The van der Waals surface area contributed by atoms with Crippen molar-refractivity contribution in [3.8, 4) is 0 Å². The zero-order valence-electron chi connectivity index (χ0n) is 17.6. The van der Waals surface area contributed by atoms with Crippen molar-refractivity contribution in [2.75, 3.05) is 12.4 Å². The van der Waals surface area contributed by atoms with Gasteiger partial charge in [0, 0.05) is 6.61 Å². The average Bonchev–Trinajstić information content (AvgIpc) is 3.06. The van der Waals surface area contributed by atoms with Gasteiger partial charge in [0.2, 0.25) is 0 Å². The summed E-state index contributed by atoms with van der Waals surface area (Å²) in [6.07, 6.45) is 2.72. The predicted molar refractivity (Wildman–Crippen MR) is 123 cm³/mol. The van der Waals surface area contributed by atoms with E-state index in [1.54, 1.807) is 12.1 Å².